The van der Waals surface area contributed by atoms with Gasteiger partial charge in [0, 0.05) is 29.1 Å². The van der Waals surface area contributed by atoms with Crippen LogP contribution in [0.5, 0.6) is 0 Å². The van der Waals surface area contributed by atoms with Crippen LogP contribution in [0.15, 0.2) is 34.1 Å². The van der Waals surface area contributed by atoms with Crippen LogP contribution >= 0.6 is 22.9 Å². The summed E-state index contributed by atoms with van der Waals surface area (Å²) in [5.74, 6) is -0.740. The second-order valence-corrected chi connectivity index (χ2v) is 7.53. The molecule has 0 bridgehead atoms. The predicted octanol–water partition coefficient (Wildman–Crippen LogP) is 3.15. The van der Waals surface area contributed by atoms with Gasteiger partial charge in [-0.25, -0.2) is 4.98 Å². The molecule has 138 valence electrons. The number of halogens is 1. The van der Waals surface area contributed by atoms with Crippen LogP contribution in [-0.2, 0) is 9.59 Å². The number of hydrogen-bond donors (Lipinski definition) is 1. The van der Waals surface area contributed by atoms with E-state index in [9.17, 15) is 9.59 Å². The van der Waals surface area contributed by atoms with E-state index >= 15 is 0 Å². The van der Waals surface area contributed by atoms with Crippen molar-refractivity contribution in [3.8, 4) is 11.6 Å². The van der Waals surface area contributed by atoms with E-state index in [1.165, 1.54) is 11.3 Å². The van der Waals surface area contributed by atoms with Crippen LogP contribution in [0.4, 0.5) is 11.7 Å². The topological polar surface area (TPSA) is 101 Å². The second-order valence-electron chi connectivity index (χ2n) is 6.04. The van der Waals surface area contributed by atoms with E-state index in [-0.39, 0.29) is 36.7 Å². The number of rotatable bonds is 4. The third kappa shape index (κ3) is 3.69. The van der Waals surface area contributed by atoms with Gasteiger partial charge in [-0.2, -0.15) is 0 Å². The van der Waals surface area contributed by atoms with E-state index < -0.39 is 5.92 Å². The van der Waals surface area contributed by atoms with Crippen LogP contribution in [0, 0.1) is 12.8 Å². The Morgan fingerprint density at radius 3 is 2.81 bits per heavy atom. The highest BCUT2D eigenvalue weighted by Gasteiger charge is 2.35. The third-order valence-corrected chi connectivity index (χ3v) is 5.15. The fraction of sp³-hybridized carbons (Fsp3) is 0.235. The Morgan fingerprint density at radius 1 is 1.33 bits per heavy atom. The molecular formula is C17H14ClN5O3S. The molecule has 1 aliphatic heterocycles. The molecule has 0 spiro atoms. The number of nitrogens with one attached hydrogen (secondary N) is 1. The molecule has 1 N–H and O–H groups in total. The van der Waals surface area contributed by atoms with Crippen molar-refractivity contribution >= 4 is 46.5 Å². The van der Waals surface area contributed by atoms with Gasteiger partial charge < -0.3 is 9.32 Å². The highest BCUT2D eigenvalue weighted by atomic mass is 35.5. The summed E-state index contributed by atoms with van der Waals surface area (Å²) in [7, 11) is 0. The zero-order valence-electron chi connectivity index (χ0n) is 14.2. The van der Waals surface area contributed by atoms with E-state index in [4.69, 9.17) is 16.0 Å². The summed E-state index contributed by atoms with van der Waals surface area (Å²) in [5.41, 5.74) is 1.27. The number of carbonyl (C=O) groups excluding carboxylic acids is 2. The molecule has 0 saturated carbocycles. The molecule has 0 aliphatic carbocycles. The zero-order chi connectivity index (χ0) is 19.0. The Bertz CT molecular complexity index is 1000. The molecule has 1 aromatic carbocycles. The number of nitrogens with zero attached hydrogens (tertiary/aromatic N) is 4. The number of aromatic nitrogens is 3. The van der Waals surface area contributed by atoms with Crippen molar-refractivity contribution in [2.24, 2.45) is 5.92 Å². The summed E-state index contributed by atoms with van der Waals surface area (Å²) in [4.78, 5) is 30.6. The van der Waals surface area contributed by atoms with Crippen molar-refractivity contribution in [2.45, 2.75) is 13.3 Å². The fourth-order valence-corrected chi connectivity index (χ4v) is 3.51. The Kier molecular flexibility index (Phi) is 4.63. The molecule has 0 radical (unpaired) electrons. The standard InChI is InChI=1S/C17H14ClN5O3S/c1-9-19-13(8-27-9)16-21-22-17(26-16)20-15(25)10-6-14(24)23(7-10)12-4-2-11(18)3-5-12/h2-5,8,10H,6-7H2,1H3,(H,20,22,25). The number of aryl methyl sites for hydroxylation is 1. The molecular weight excluding hydrogens is 390 g/mol. The first-order valence-corrected chi connectivity index (χ1v) is 9.38. The first-order chi connectivity index (χ1) is 13.0. The van der Waals surface area contributed by atoms with E-state index in [1.807, 2.05) is 6.92 Å². The van der Waals surface area contributed by atoms with Gasteiger partial charge in [0.05, 0.1) is 10.9 Å². The van der Waals surface area contributed by atoms with E-state index in [0.717, 1.165) is 5.01 Å². The van der Waals surface area contributed by atoms with Crippen LogP contribution in [0.1, 0.15) is 11.4 Å². The van der Waals surface area contributed by atoms with Gasteiger partial charge in [-0.15, -0.1) is 16.4 Å². The molecule has 27 heavy (non-hydrogen) atoms. The van der Waals surface area contributed by atoms with Crippen molar-refractivity contribution in [2.75, 3.05) is 16.8 Å². The zero-order valence-corrected chi connectivity index (χ0v) is 15.8. The average molecular weight is 404 g/mol. The smallest absolute Gasteiger partial charge is 0.322 e. The molecule has 4 rings (SSSR count). The maximum Gasteiger partial charge on any atom is 0.322 e. The van der Waals surface area contributed by atoms with E-state index in [0.29, 0.717) is 16.4 Å². The Balaban J connectivity index is 1.42. The first kappa shape index (κ1) is 17.6. The van der Waals surface area contributed by atoms with E-state index in [2.05, 4.69) is 20.5 Å². The normalized spacial score (nSPS) is 16.7. The SMILES string of the molecule is Cc1nc(-c2nnc(NC(=O)C3CC(=O)N(c4ccc(Cl)cc4)C3)o2)cs1. The maximum atomic E-state index is 12.5. The van der Waals surface area contributed by atoms with Gasteiger partial charge in [0.25, 0.3) is 5.89 Å². The molecule has 3 aromatic rings. The summed E-state index contributed by atoms with van der Waals surface area (Å²) in [5, 5.41) is 13.5. The predicted molar refractivity (Wildman–Crippen MR) is 101 cm³/mol. The Morgan fingerprint density at radius 2 is 2.11 bits per heavy atom. The third-order valence-electron chi connectivity index (χ3n) is 4.13. The second kappa shape index (κ2) is 7.09. The highest BCUT2D eigenvalue weighted by molar-refractivity contribution is 7.09. The van der Waals surface area contributed by atoms with Crippen molar-refractivity contribution in [1.29, 1.82) is 0 Å². The van der Waals surface area contributed by atoms with Gasteiger partial charge in [-0.05, 0) is 31.2 Å². The van der Waals surface area contributed by atoms with Crippen LogP contribution < -0.4 is 10.2 Å². The lowest BCUT2D eigenvalue weighted by Crippen LogP contribution is -2.28. The van der Waals surface area contributed by atoms with Crippen LogP contribution in [0.25, 0.3) is 11.6 Å². The molecule has 3 heterocycles. The minimum atomic E-state index is -0.509. The summed E-state index contributed by atoms with van der Waals surface area (Å²) >= 11 is 7.34. The van der Waals surface area contributed by atoms with E-state index in [1.54, 1.807) is 34.5 Å². The maximum absolute atomic E-state index is 12.5. The highest BCUT2D eigenvalue weighted by Crippen LogP contribution is 2.27. The fourth-order valence-electron chi connectivity index (χ4n) is 2.80. The van der Waals surface area contributed by atoms with Gasteiger partial charge in [-0.3, -0.25) is 14.9 Å². The van der Waals surface area contributed by atoms with Crippen molar-refractivity contribution in [3.63, 3.8) is 0 Å². The Hall–Kier alpha value is -2.78. The average Bonchev–Trinajstić information content (AvgIpc) is 3.36. The monoisotopic (exact) mass is 403 g/mol. The number of carbonyl (C=O) groups is 2. The molecule has 1 unspecified atom stereocenters. The van der Waals surface area contributed by atoms with Gasteiger partial charge in [0.15, 0.2) is 0 Å². The number of anilines is 2. The number of amides is 2. The lowest BCUT2D eigenvalue weighted by atomic mass is 10.1. The molecule has 1 saturated heterocycles. The lowest BCUT2D eigenvalue weighted by molar-refractivity contribution is -0.122. The molecule has 1 aliphatic rings. The summed E-state index contributed by atoms with van der Waals surface area (Å²) in [6.45, 7) is 2.15. The molecule has 1 atom stereocenters. The summed E-state index contributed by atoms with van der Waals surface area (Å²) in [6, 6.07) is 6.90. The molecule has 10 heteroatoms. The minimum Gasteiger partial charge on any atom is -0.401 e. The number of benzene rings is 1. The quantitative estimate of drug-likeness (QED) is 0.718. The summed E-state index contributed by atoms with van der Waals surface area (Å²) < 4.78 is 5.44. The van der Waals surface area contributed by atoms with Crippen molar-refractivity contribution < 1.29 is 14.0 Å². The molecule has 1 fully saturated rings. The van der Waals surface area contributed by atoms with Gasteiger partial charge in [0.1, 0.15) is 5.69 Å². The van der Waals surface area contributed by atoms with Crippen molar-refractivity contribution in [3.05, 3.63) is 39.7 Å². The van der Waals surface area contributed by atoms with Crippen molar-refractivity contribution in [1.82, 2.24) is 15.2 Å². The summed E-state index contributed by atoms with van der Waals surface area (Å²) in [6.07, 6.45) is 0.112. The van der Waals surface area contributed by atoms with Crippen LogP contribution in [-0.4, -0.2) is 33.5 Å². The largest absolute Gasteiger partial charge is 0.401 e. The number of hydrogen-bond acceptors (Lipinski definition) is 7. The Labute approximate surface area is 163 Å². The minimum absolute atomic E-state index is 0.0157. The lowest BCUT2D eigenvalue weighted by Gasteiger charge is -2.16. The van der Waals surface area contributed by atoms with Gasteiger partial charge in [-0.1, -0.05) is 16.7 Å². The number of thiazole rings is 1. The van der Waals surface area contributed by atoms with Crippen LogP contribution in [0.3, 0.4) is 0 Å². The van der Waals surface area contributed by atoms with Gasteiger partial charge >= 0.3 is 6.01 Å². The van der Waals surface area contributed by atoms with Crippen LogP contribution in [0.2, 0.25) is 5.02 Å². The molecule has 8 nitrogen and oxygen atoms in total. The first-order valence-electron chi connectivity index (χ1n) is 8.12. The van der Waals surface area contributed by atoms with Gasteiger partial charge in [0.2, 0.25) is 11.8 Å². The molecule has 2 amide bonds. The molecule has 2 aromatic heterocycles.